The molecule has 4 N–H and O–H groups in total. The Hall–Kier alpha value is -1.76. The summed E-state index contributed by atoms with van der Waals surface area (Å²) >= 11 is 0. The zero-order chi connectivity index (χ0) is 12.6. The first-order valence-electron chi connectivity index (χ1n) is 5.24. The van der Waals surface area contributed by atoms with Gasteiger partial charge in [-0.2, -0.15) is 8.42 Å². The van der Waals surface area contributed by atoms with Gasteiger partial charge >= 0.3 is 10.2 Å². The quantitative estimate of drug-likeness (QED) is 0.748. The Labute approximate surface area is 100 Å². The number of nitrogen functional groups attached to an aromatic ring is 1. The Morgan fingerprint density at radius 1 is 1.35 bits per heavy atom. The maximum Gasteiger partial charge on any atom is 0.346 e. The average molecular weight is 254 g/mol. The lowest BCUT2D eigenvalue weighted by atomic mass is 10.1. The van der Waals surface area contributed by atoms with Crippen LogP contribution in [-0.2, 0) is 10.2 Å². The zero-order valence-electron chi connectivity index (χ0n) is 9.42. The molecule has 1 heterocycles. The van der Waals surface area contributed by atoms with E-state index in [1.54, 1.807) is 18.2 Å². The highest BCUT2D eigenvalue weighted by atomic mass is 32.2. The second-order valence-electron chi connectivity index (χ2n) is 3.77. The molecule has 0 radical (unpaired) electrons. The summed E-state index contributed by atoms with van der Waals surface area (Å²) < 4.78 is 28.5. The van der Waals surface area contributed by atoms with Crippen LogP contribution in [-0.4, -0.2) is 20.8 Å². The summed E-state index contributed by atoms with van der Waals surface area (Å²) in [6.45, 7) is 2.25. The van der Waals surface area contributed by atoms with E-state index in [1.807, 2.05) is 6.92 Å². The molecule has 0 atom stereocenters. The maximum absolute atomic E-state index is 11.9. The lowest BCUT2D eigenvalue weighted by molar-refractivity contribution is 0.591. The molecule has 0 aliphatic carbocycles. The second-order valence-corrected chi connectivity index (χ2v) is 5.29. The molecule has 0 saturated carbocycles. The summed E-state index contributed by atoms with van der Waals surface area (Å²) in [4.78, 5) is 0. The molecule has 1 aromatic rings. The Morgan fingerprint density at radius 2 is 2.06 bits per heavy atom. The molecule has 0 amide bonds. The number of hydrogen-bond acceptors (Lipinski definition) is 4. The van der Waals surface area contributed by atoms with Gasteiger partial charge in [-0.15, -0.1) is 4.40 Å². The van der Waals surface area contributed by atoms with Crippen LogP contribution in [0.4, 0.5) is 11.4 Å². The average Bonchev–Trinajstić information content (AvgIpc) is 2.23. The number of fused-ring (bicyclic) bond motifs is 1. The van der Waals surface area contributed by atoms with Crippen LogP contribution in [0, 0.1) is 0 Å². The van der Waals surface area contributed by atoms with Crippen LogP contribution in [0.15, 0.2) is 22.6 Å². The Bertz CT molecular complexity index is 580. The third-order valence-corrected chi connectivity index (χ3v) is 3.88. The first-order valence-corrected chi connectivity index (χ1v) is 6.64. The van der Waals surface area contributed by atoms with E-state index in [9.17, 15) is 8.42 Å². The molecule has 0 bridgehead atoms. The fraction of sp³-hybridized carbons (Fsp3) is 0.300. The summed E-state index contributed by atoms with van der Waals surface area (Å²) in [6, 6.07) is 5.05. The number of benzene rings is 1. The van der Waals surface area contributed by atoms with Crippen LogP contribution >= 0.6 is 0 Å². The molecule has 1 aromatic carbocycles. The number of rotatable bonds is 2. The maximum atomic E-state index is 11.9. The van der Waals surface area contributed by atoms with Gasteiger partial charge in [-0.3, -0.25) is 4.31 Å². The molecule has 6 nitrogen and oxygen atoms in total. The minimum absolute atomic E-state index is 0.0505. The number of nitrogens with zero attached hydrogens (tertiary/aromatic N) is 2. The summed E-state index contributed by atoms with van der Waals surface area (Å²) in [5.41, 5.74) is 12.9. The van der Waals surface area contributed by atoms with Crippen molar-refractivity contribution in [3.05, 3.63) is 23.8 Å². The molecular formula is C10H14N4O2S. The SMILES string of the molecule is CCCN1c2cccc(N)c2C(N)=NS1(=O)=O. The lowest BCUT2D eigenvalue weighted by Gasteiger charge is -2.28. The van der Waals surface area contributed by atoms with Crippen molar-refractivity contribution in [3.63, 3.8) is 0 Å². The van der Waals surface area contributed by atoms with Crippen molar-refractivity contribution in [1.82, 2.24) is 0 Å². The third kappa shape index (κ3) is 1.82. The van der Waals surface area contributed by atoms with Gasteiger partial charge in [0, 0.05) is 12.2 Å². The first kappa shape index (κ1) is 11.7. The van der Waals surface area contributed by atoms with Gasteiger partial charge in [0.05, 0.1) is 11.3 Å². The van der Waals surface area contributed by atoms with Crippen molar-refractivity contribution in [2.45, 2.75) is 13.3 Å². The van der Waals surface area contributed by atoms with E-state index in [-0.39, 0.29) is 5.84 Å². The predicted octanol–water partition coefficient (Wildman–Crippen LogP) is 0.449. The zero-order valence-corrected chi connectivity index (χ0v) is 10.2. The van der Waals surface area contributed by atoms with E-state index >= 15 is 0 Å². The number of hydrogen-bond donors (Lipinski definition) is 2. The number of anilines is 2. The van der Waals surface area contributed by atoms with Crippen LogP contribution in [0.2, 0.25) is 0 Å². The molecule has 0 aromatic heterocycles. The molecule has 0 saturated heterocycles. The van der Waals surface area contributed by atoms with Crippen molar-refractivity contribution in [2.75, 3.05) is 16.6 Å². The Kier molecular flexibility index (Phi) is 2.70. The van der Waals surface area contributed by atoms with Gasteiger partial charge in [-0.1, -0.05) is 13.0 Å². The minimum Gasteiger partial charge on any atom is -0.398 e. The summed E-state index contributed by atoms with van der Waals surface area (Å²) in [5.74, 6) is -0.0505. The first-order chi connectivity index (χ1) is 7.97. The lowest BCUT2D eigenvalue weighted by Crippen LogP contribution is -2.38. The summed E-state index contributed by atoms with van der Waals surface area (Å²) in [6.07, 6.45) is 0.683. The minimum atomic E-state index is -3.72. The Balaban J connectivity index is 2.70. The molecule has 92 valence electrons. The highest BCUT2D eigenvalue weighted by Crippen LogP contribution is 2.32. The van der Waals surface area contributed by atoms with Crippen LogP contribution in [0.1, 0.15) is 18.9 Å². The van der Waals surface area contributed by atoms with E-state index in [0.717, 1.165) is 0 Å². The second kappa shape index (κ2) is 3.92. The Morgan fingerprint density at radius 3 is 2.71 bits per heavy atom. The van der Waals surface area contributed by atoms with Crippen LogP contribution < -0.4 is 15.8 Å². The molecule has 17 heavy (non-hydrogen) atoms. The van der Waals surface area contributed by atoms with Crippen molar-refractivity contribution in [2.24, 2.45) is 10.1 Å². The normalized spacial score (nSPS) is 17.5. The fourth-order valence-corrected chi connectivity index (χ4v) is 3.08. The largest absolute Gasteiger partial charge is 0.398 e. The highest BCUT2D eigenvalue weighted by molar-refractivity contribution is 7.91. The molecule has 0 unspecified atom stereocenters. The van der Waals surface area contributed by atoms with Gasteiger partial charge in [0.25, 0.3) is 0 Å². The van der Waals surface area contributed by atoms with Crippen molar-refractivity contribution in [1.29, 1.82) is 0 Å². The monoisotopic (exact) mass is 254 g/mol. The third-order valence-electron chi connectivity index (χ3n) is 2.52. The van der Waals surface area contributed by atoms with Gasteiger partial charge < -0.3 is 11.5 Å². The standard InChI is InChI=1S/C10H14N4O2S/c1-2-6-14-8-5-3-4-7(11)9(8)10(12)13-17(14,15)16/h3-5H,2,6,11H2,1H3,(H2,12,13). The summed E-state index contributed by atoms with van der Waals surface area (Å²) in [5, 5.41) is 0. The van der Waals surface area contributed by atoms with E-state index in [1.165, 1.54) is 4.31 Å². The highest BCUT2D eigenvalue weighted by Gasteiger charge is 2.30. The van der Waals surface area contributed by atoms with Gasteiger partial charge in [-0.25, -0.2) is 0 Å². The van der Waals surface area contributed by atoms with Crippen LogP contribution in [0.25, 0.3) is 0 Å². The van der Waals surface area contributed by atoms with Gasteiger partial charge in [0.15, 0.2) is 0 Å². The molecule has 0 spiro atoms. The molecule has 1 aliphatic rings. The van der Waals surface area contributed by atoms with Crippen molar-refractivity contribution < 1.29 is 8.42 Å². The topological polar surface area (TPSA) is 102 Å². The van der Waals surface area contributed by atoms with E-state index in [2.05, 4.69) is 4.40 Å². The molecule has 7 heteroatoms. The van der Waals surface area contributed by atoms with Crippen LogP contribution in [0.3, 0.4) is 0 Å². The van der Waals surface area contributed by atoms with Gasteiger partial charge in [0.1, 0.15) is 5.84 Å². The van der Waals surface area contributed by atoms with E-state index in [4.69, 9.17) is 11.5 Å². The molecular weight excluding hydrogens is 240 g/mol. The number of amidine groups is 1. The van der Waals surface area contributed by atoms with Crippen molar-refractivity contribution in [3.8, 4) is 0 Å². The van der Waals surface area contributed by atoms with Gasteiger partial charge in [-0.05, 0) is 18.6 Å². The van der Waals surface area contributed by atoms with E-state index in [0.29, 0.717) is 29.9 Å². The predicted molar refractivity (Wildman–Crippen MR) is 68.1 cm³/mol. The number of nitrogens with two attached hydrogens (primary N) is 2. The molecule has 2 rings (SSSR count). The van der Waals surface area contributed by atoms with Crippen LogP contribution in [0.5, 0.6) is 0 Å². The smallest absolute Gasteiger partial charge is 0.346 e. The van der Waals surface area contributed by atoms with E-state index < -0.39 is 10.2 Å². The fourth-order valence-electron chi connectivity index (χ4n) is 1.83. The van der Waals surface area contributed by atoms with Crippen molar-refractivity contribution >= 4 is 27.4 Å². The molecule has 1 aliphatic heterocycles. The molecule has 0 fully saturated rings. The summed E-state index contributed by atoms with van der Waals surface area (Å²) in [7, 11) is -3.72. The van der Waals surface area contributed by atoms with Gasteiger partial charge in [0.2, 0.25) is 0 Å².